The Hall–Kier alpha value is -2.20. The number of likely N-dealkylation sites (N-methyl/N-ethyl adjacent to an activating group) is 2. The molecule has 1 amide bonds. The van der Waals surface area contributed by atoms with Crippen LogP contribution in [0.4, 0.5) is 0 Å². The van der Waals surface area contributed by atoms with Crippen molar-refractivity contribution in [3.05, 3.63) is 71.8 Å². The van der Waals surface area contributed by atoms with Crippen molar-refractivity contribution in [2.24, 2.45) is 0 Å². The first-order chi connectivity index (χ1) is 10.1. The molecule has 2 aromatic rings. The first kappa shape index (κ1) is 13.8. The molecule has 0 aromatic heterocycles. The lowest BCUT2D eigenvalue weighted by molar-refractivity contribution is -0.130. The molecule has 1 saturated heterocycles. The maximum absolute atomic E-state index is 13.0. The Morgan fingerprint density at radius 1 is 0.857 bits per heavy atom. The highest BCUT2D eigenvalue weighted by Crippen LogP contribution is 2.41. The molecular formula is C17H16N2OS. The molecule has 0 spiro atoms. The van der Waals surface area contributed by atoms with Gasteiger partial charge in [-0.05, 0) is 23.3 Å². The molecule has 0 saturated carbocycles. The number of rotatable bonds is 2. The summed E-state index contributed by atoms with van der Waals surface area (Å²) in [5.74, 6) is -0.0209. The van der Waals surface area contributed by atoms with Crippen LogP contribution in [0.3, 0.4) is 0 Å². The van der Waals surface area contributed by atoms with Crippen LogP contribution in [0.15, 0.2) is 60.7 Å². The molecule has 3 nitrogen and oxygen atoms in total. The number of hydrogen-bond acceptors (Lipinski definition) is 2. The Kier molecular flexibility index (Phi) is 3.26. The molecule has 106 valence electrons. The van der Waals surface area contributed by atoms with Gasteiger partial charge in [-0.3, -0.25) is 9.69 Å². The maximum Gasteiger partial charge on any atom is 0.263 e. The lowest BCUT2D eigenvalue weighted by atomic mass is 9.81. The van der Waals surface area contributed by atoms with Crippen molar-refractivity contribution in [2.75, 3.05) is 14.1 Å². The van der Waals surface area contributed by atoms with Gasteiger partial charge in [0.15, 0.2) is 10.7 Å². The van der Waals surface area contributed by atoms with E-state index in [1.165, 1.54) is 0 Å². The van der Waals surface area contributed by atoms with E-state index in [0.717, 1.165) is 11.1 Å². The Labute approximate surface area is 129 Å². The van der Waals surface area contributed by atoms with Crippen LogP contribution in [0, 0.1) is 0 Å². The summed E-state index contributed by atoms with van der Waals surface area (Å²) in [6, 6.07) is 19.6. The van der Waals surface area contributed by atoms with E-state index in [-0.39, 0.29) is 5.91 Å². The van der Waals surface area contributed by atoms with Gasteiger partial charge in [-0.1, -0.05) is 60.7 Å². The highest BCUT2D eigenvalue weighted by atomic mass is 32.1. The minimum Gasteiger partial charge on any atom is -0.330 e. The number of thiocarbonyl (C=S) groups is 1. The van der Waals surface area contributed by atoms with Gasteiger partial charge in [0.25, 0.3) is 5.91 Å². The minimum atomic E-state index is -0.881. The van der Waals surface area contributed by atoms with Gasteiger partial charge in [0.1, 0.15) is 0 Å². The van der Waals surface area contributed by atoms with Crippen molar-refractivity contribution >= 4 is 23.2 Å². The quantitative estimate of drug-likeness (QED) is 0.796. The van der Waals surface area contributed by atoms with Crippen LogP contribution in [0.1, 0.15) is 11.1 Å². The highest BCUT2D eigenvalue weighted by Gasteiger charge is 2.54. The number of amides is 1. The summed E-state index contributed by atoms with van der Waals surface area (Å²) in [6.45, 7) is 0. The van der Waals surface area contributed by atoms with Crippen LogP contribution in [0.25, 0.3) is 0 Å². The maximum atomic E-state index is 13.0. The van der Waals surface area contributed by atoms with Gasteiger partial charge >= 0.3 is 0 Å². The van der Waals surface area contributed by atoms with Crippen molar-refractivity contribution in [1.82, 2.24) is 9.80 Å². The van der Waals surface area contributed by atoms with Gasteiger partial charge in [0.05, 0.1) is 0 Å². The standard InChI is InChI=1S/C17H16N2OS/c1-18-15(20)17(19(2)16(18)21,13-9-5-3-6-10-13)14-11-7-4-8-12-14/h3-12H,1-2H3. The topological polar surface area (TPSA) is 23.6 Å². The molecule has 0 unspecified atom stereocenters. The van der Waals surface area contributed by atoms with Crippen molar-refractivity contribution in [1.29, 1.82) is 0 Å². The molecule has 0 bridgehead atoms. The van der Waals surface area contributed by atoms with Gasteiger partial charge in [-0.2, -0.15) is 0 Å². The average Bonchev–Trinajstić information content (AvgIpc) is 2.71. The van der Waals surface area contributed by atoms with Gasteiger partial charge < -0.3 is 4.90 Å². The third-order valence-electron chi connectivity index (χ3n) is 4.07. The second kappa shape index (κ2) is 4.97. The van der Waals surface area contributed by atoms with Crippen LogP contribution in [0.2, 0.25) is 0 Å². The first-order valence-corrected chi connectivity index (χ1v) is 7.18. The zero-order valence-corrected chi connectivity index (χ0v) is 12.8. The van der Waals surface area contributed by atoms with Crippen LogP contribution in [0.5, 0.6) is 0 Å². The van der Waals surface area contributed by atoms with Crippen LogP contribution in [-0.2, 0) is 10.3 Å². The first-order valence-electron chi connectivity index (χ1n) is 6.77. The molecule has 4 heteroatoms. The second-order valence-corrected chi connectivity index (χ2v) is 5.51. The molecule has 0 radical (unpaired) electrons. The Morgan fingerprint density at radius 2 is 1.29 bits per heavy atom. The molecular weight excluding hydrogens is 280 g/mol. The third kappa shape index (κ3) is 1.79. The SMILES string of the molecule is CN1C(=O)C(c2ccccc2)(c2ccccc2)N(C)C1=S. The highest BCUT2D eigenvalue weighted by molar-refractivity contribution is 7.80. The van der Waals surface area contributed by atoms with E-state index in [0.29, 0.717) is 5.11 Å². The van der Waals surface area contributed by atoms with E-state index in [1.54, 1.807) is 11.9 Å². The summed E-state index contributed by atoms with van der Waals surface area (Å²) in [4.78, 5) is 16.5. The molecule has 21 heavy (non-hydrogen) atoms. The van der Waals surface area contributed by atoms with E-state index in [2.05, 4.69) is 0 Å². The lowest BCUT2D eigenvalue weighted by Gasteiger charge is -2.34. The molecule has 0 N–H and O–H groups in total. The fourth-order valence-corrected chi connectivity index (χ4v) is 3.22. The largest absolute Gasteiger partial charge is 0.330 e. The lowest BCUT2D eigenvalue weighted by Crippen LogP contribution is -2.45. The van der Waals surface area contributed by atoms with E-state index in [9.17, 15) is 4.79 Å². The average molecular weight is 296 g/mol. The Bertz CT molecular complexity index is 645. The fourth-order valence-electron chi connectivity index (χ4n) is 3.00. The normalized spacial score (nSPS) is 17.4. The van der Waals surface area contributed by atoms with Gasteiger partial charge in [-0.25, -0.2) is 0 Å². The van der Waals surface area contributed by atoms with Crippen molar-refractivity contribution in [3.8, 4) is 0 Å². The van der Waals surface area contributed by atoms with Crippen molar-refractivity contribution < 1.29 is 4.79 Å². The summed E-state index contributed by atoms with van der Waals surface area (Å²) >= 11 is 5.42. The smallest absolute Gasteiger partial charge is 0.263 e. The van der Waals surface area contributed by atoms with Crippen LogP contribution >= 0.6 is 12.2 Å². The molecule has 1 fully saturated rings. The van der Waals surface area contributed by atoms with Crippen LogP contribution in [-0.4, -0.2) is 34.9 Å². The number of benzene rings is 2. The minimum absolute atomic E-state index is 0.0209. The van der Waals surface area contributed by atoms with E-state index in [1.807, 2.05) is 72.6 Å². The number of carbonyl (C=O) groups excluding carboxylic acids is 1. The van der Waals surface area contributed by atoms with E-state index < -0.39 is 5.54 Å². The summed E-state index contributed by atoms with van der Waals surface area (Å²) in [5.41, 5.74) is 0.972. The fraction of sp³-hybridized carbons (Fsp3) is 0.176. The molecule has 3 rings (SSSR count). The number of carbonyl (C=O) groups is 1. The zero-order valence-electron chi connectivity index (χ0n) is 12.0. The van der Waals surface area contributed by atoms with Gasteiger partial charge in [-0.15, -0.1) is 0 Å². The Balaban J connectivity index is 2.32. The summed E-state index contributed by atoms with van der Waals surface area (Å²) in [5, 5.41) is 0.535. The molecule has 1 aliphatic heterocycles. The molecule has 0 atom stereocenters. The predicted octanol–water partition coefficient (Wildman–Crippen LogP) is 2.62. The second-order valence-electron chi connectivity index (χ2n) is 5.15. The summed E-state index contributed by atoms with van der Waals surface area (Å²) < 4.78 is 0. The van der Waals surface area contributed by atoms with Gasteiger partial charge in [0, 0.05) is 14.1 Å². The van der Waals surface area contributed by atoms with E-state index >= 15 is 0 Å². The van der Waals surface area contributed by atoms with Crippen molar-refractivity contribution in [2.45, 2.75) is 5.54 Å². The third-order valence-corrected chi connectivity index (χ3v) is 4.62. The van der Waals surface area contributed by atoms with E-state index in [4.69, 9.17) is 12.2 Å². The molecule has 1 heterocycles. The summed E-state index contributed by atoms with van der Waals surface area (Å²) in [7, 11) is 3.61. The number of hydrogen-bond donors (Lipinski definition) is 0. The van der Waals surface area contributed by atoms with Crippen LogP contribution < -0.4 is 0 Å². The zero-order chi connectivity index (χ0) is 15.0. The monoisotopic (exact) mass is 296 g/mol. The molecule has 2 aromatic carbocycles. The number of nitrogens with zero attached hydrogens (tertiary/aromatic N) is 2. The molecule has 1 aliphatic rings. The summed E-state index contributed by atoms with van der Waals surface area (Å²) in [6.07, 6.45) is 0. The predicted molar refractivity (Wildman–Crippen MR) is 86.8 cm³/mol. The molecule has 0 aliphatic carbocycles. The van der Waals surface area contributed by atoms with Gasteiger partial charge in [0.2, 0.25) is 0 Å². The Morgan fingerprint density at radius 3 is 1.62 bits per heavy atom. The van der Waals surface area contributed by atoms with Crippen molar-refractivity contribution in [3.63, 3.8) is 0 Å².